The van der Waals surface area contributed by atoms with Gasteiger partial charge in [-0.3, -0.25) is 0 Å². The van der Waals surface area contributed by atoms with Crippen LogP contribution in [0.3, 0.4) is 0 Å². The molecule has 0 aromatic heterocycles. The number of methoxy groups -OCH3 is 1. The Labute approximate surface area is 103 Å². The predicted molar refractivity (Wildman–Crippen MR) is 68.8 cm³/mol. The molecule has 1 heterocycles. The summed E-state index contributed by atoms with van der Waals surface area (Å²) in [5.41, 5.74) is 3.77. The molecule has 1 aliphatic rings. The van der Waals surface area contributed by atoms with Gasteiger partial charge in [-0.25, -0.2) is 0 Å². The van der Waals surface area contributed by atoms with Gasteiger partial charge >= 0.3 is 0 Å². The van der Waals surface area contributed by atoms with Gasteiger partial charge in [-0.1, -0.05) is 12.1 Å². The van der Waals surface area contributed by atoms with Gasteiger partial charge < -0.3 is 14.8 Å². The SMILES string of the molecule is COc1c(C)cc(CC2COCCN2)cc1C. The minimum atomic E-state index is 0.441. The maximum atomic E-state index is 5.47. The fourth-order valence-electron chi connectivity index (χ4n) is 2.52. The first-order chi connectivity index (χ1) is 8.20. The zero-order valence-corrected chi connectivity index (χ0v) is 10.9. The van der Waals surface area contributed by atoms with Crippen molar-refractivity contribution in [3.63, 3.8) is 0 Å². The summed E-state index contributed by atoms with van der Waals surface area (Å²) in [4.78, 5) is 0. The third kappa shape index (κ3) is 2.99. The van der Waals surface area contributed by atoms with E-state index in [0.717, 1.165) is 31.9 Å². The lowest BCUT2D eigenvalue weighted by Crippen LogP contribution is -2.42. The zero-order chi connectivity index (χ0) is 12.3. The maximum absolute atomic E-state index is 5.47. The Kier molecular flexibility index (Phi) is 4.02. The topological polar surface area (TPSA) is 30.5 Å². The summed E-state index contributed by atoms with van der Waals surface area (Å²) in [6, 6.07) is 4.86. The van der Waals surface area contributed by atoms with Crippen molar-refractivity contribution in [3.8, 4) is 5.75 Å². The molecule has 94 valence electrons. The van der Waals surface area contributed by atoms with Crippen molar-refractivity contribution in [2.45, 2.75) is 26.3 Å². The number of rotatable bonds is 3. The number of benzene rings is 1. The van der Waals surface area contributed by atoms with E-state index in [9.17, 15) is 0 Å². The molecule has 1 saturated heterocycles. The van der Waals surface area contributed by atoms with E-state index in [1.807, 2.05) is 0 Å². The molecule has 1 atom stereocenters. The van der Waals surface area contributed by atoms with Crippen LogP contribution in [0.2, 0.25) is 0 Å². The normalized spacial score (nSPS) is 20.3. The third-order valence-corrected chi connectivity index (χ3v) is 3.20. The summed E-state index contributed by atoms with van der Waals surface area (Å²) in [6.07, 6.45) is 1.02. The molecule has 3 heteroatoms. The molecule has 1 N–H and O–H groups in total. The Morgan fingerprint density at radius 2 is 2.06 bits per heavy atom. The molecular formula is C14H21NO2. The third-order valence-electron chi connectivity index (χ3n) is 3.20. The average molecular weight is 235 g/mol. The number of morpholine rings is 1. The van der Waals surface area contributed by atoms with Gasteiger partial charge in [-0.2, -0.15) is 0 Å². The standard InChI is InChI=1S/C14H21NO2/c1-10-6-12(7-11(2)14(10)16-3)8-13-9-17-5-4-15-13/h6-7,13,15H,4-5,8-9H2,1-3H3. The van der Waals surface area contributed by atoms with Gasteiger partial charge in [0.05, 0.1) is 20.3 Å². The zero-order valence-electron chi connectivity index (χ0n) is 10.9. The Morgan fingerprint density at radius 1 is 1.35 bits per heavy atom. The van der Waals surface area contributed by atoms with Crippen LogP contribution in [-0.4, -0.2) is 32.9 Å². The quantitative estimate of drug-likeness (QED) is 0.867. The lowest BCUT2D eigenvalue weighted by Gasteiger charge is -2.24. The smallest absolute Gasteiger partial charge is 0.124 e. The van der Waals surface area contributed by atoms with Crippen molar-refractivity contribution in [1.29, 1.82) is 0 Å². The number of nitrogens with one attached hydrogen (secondary N) is 1. The molecule has 0 saturated carbocycles. The van der Waals surface area contributed by atoms with Crippen molar-refractivity contribution in [3.05, 3.63) is 28.8 Å². The number of aryl methyl sites for hydroxylation is 2. The van der Waals surface area contributed by atoms with Crippen LogP contribution in [0.25, 0.3) is 0 Å². The Hall–Kier alpha value is -1.06. The Morgan fingerprint density at radius 3 is 2.59 bits per heavy atom. The van der Waals surface area contributed by atoms with E-state index >= 15 is 0 Å². The highest BCUT2D eigenvalue weighted by Gasteiger charge is 2.14. The second-order valence-corrected chi connectivity index (χ2v) is 4.69. The van der Waals surface area contributed by atoms with E-state index in [-0.39, 0.29) is 0 Å². The molecule has 2 rings (SSSR count). The van der Waals surface area contributed by atoms with E-state index in [1.54, 1.807) is 7.11 Å². The van der Waals surface area contributed by atoms with Gasteiger partial charge in [0.25, 0.3) is 0 Å². The van der Waals surface area contributed by atoms with Gasteiger partial charge in [-0.15, -0.1) is 0 Å². The van der Waals surface area contributed by atoms with E-state index in [0.29, 0.717) is 6.04 Å². The number of hydrogen-bond acceptors (Lipinski definition) is 3. The molecule has 1 aromatic rings. The van der Waals surface area contributed by atoms with Crippen molar-refractivity contribution < 1.29 is 9.47 Å². The summed E-state index contributed by atoms with van der Waals surface area (Å²) >= 11 is 0. The summed E-state index contributed by atoms with van der Waals surface area (Å²) in [5.74, 6) is 1.00. The molecule has 3 nitrogen and oxygen atoms in total. The molecule has 0 radical (unpaired) electrons. The summed E-state index contributed by atoms with van der Waals surface area (Å²) in [6.45, 7) is 6.79. The summed E-state index contributed by atoms with van der Waals surface area (Å²) in [5, 5.41) is 3.48. The van der Waals surface area contributed by atoms with E-state index in [1.165, 1.54) is 16.7 Å². The highest BCUT2D eigenvalue weighted by molar-refractivity contribution is 5.43. The lowest BCUT2D eigenvalue weighted by atomic mass is 10.00. The molecule has 0 spiro atoms. The van der Waals surface area contributed by atoms with Crippen molar-refractivity contribution in [2.75, 3.05) is 26.9 Å². The van der Waals surface area contributed by atoms with Crippen LogP contribution in [0.5, 0.6) is 5.75 Å². The fraction of sp³-hybridized carbons (Fsp3) is 0.571. The molecule has 17 heavy (non-hydrogen) atoms. The highest BCUT2D eigenvalue weighted by atomic mass is 16.5. The minimum Gasteiger partial charge on any atom is -0.496 e. The van der Waals surface area contributed by atoms with Gasteiger partial charge in [-0.05, 0) is 37.0 Å². The second kappa shape index (κ2) is 5.52. The van der Waals surface area contributed by atoms with Crippen LogP contribution in [0.4, 0.5) is 0 Å². The largest absolute Gasteiger partial charge is 0.496 e. The Balaban J connectivity index is 2.10. The van der Waals surface area contributed by atoms with Crippen LogP contribution in [-0.2, 0) is 11.2 Å². The molecular weight excluding hydrogens is 214 g/mol. The summed E-state index contributed by atoms with van der Waals surface area (Å²) in [7, 11) is 1.73. The summed E-state index contributed by atoms with van der Waals surface area (Å²) < 4.78 is 10.9. The minimum absolute atomic E-state index is 0.441. The maximum Gasteiger partial charge on any atom is 0.124 e. The fourth-order valence-corrected chi connectivity index (χ4v) is 2.52. The van der Waals surface area contributed by atoms with E-state index in [4.69, 9.17) is 9.47 Å². The predicted octanol–water partition coefficient (Wildman–Crippen LogP) is 1.84. The van der Waals surface area contributed by atoms with E-state index in [2.05, 4.69) is 31.3 Å². The molecule has 1 fully saturated rings. The number of ether oxygens (including phenoxy) is 2. The molecule has 0 amide bonds. The van der Waals surface area contributed by atoms with Gasteiger partial charge in [0, 0.05) is 12.6 Å². The van der Waals surface area contributed by atoms with Crippen LogP contribution >= 0.6 is 0 Å². The highest BCUT2D eigenvalue weighted by Crippen LogP contribution is 2.24. The van der Waals surface area contributed by atoms with E-state index < -0.39 is 0 Å². The van der Waals surface area contributed by atoms with Crippen molar-refractivity contribution in [2.24, 2.45) is 0 Å². The van der Waals surface area contributed by atoms with Crippen LogP contribution < -0.4 is 10.1 Å². The second-order valence-electron chi connectivity index (χ2n) is 4.69. The monoisotopic (exact) mass is 235 g/mol. The lowest BCUT2D eigenvalue weighted by molar-refractivity contribution is 0.0770. The molecule has 1 aromatic carbocycles. The first kappa shape index (κ1) is 12.4. The molecule has 0 bridgehead atoms. The first-order valence-corrected chi connectivity index (χ1v) is 6.16. The number of hydrogen-bond donors (Lipinski definition) is 1. The average Bonchev–Trinajstić information content (AvgIpc) is 2.30. The molecule has 1 unspecified atom stereocenters. The van der Waals surface area contributed by atoms with Crippen LogP contribution in [0.15, 0.2) is 12.1 Å². The molecule has 1 aliphatic heterocycles. The Bertz CT molecular complexity index is 361. The van der Waals surface area contributed by atoms with Gasteiger partial charge in [0.15, 0.2) is 0 Å². The van der Waals surface area contributed by atoms with Crippen LogP contribution in [0, 0.1) is 13.8 Å². The first-order valence-electron chi connectivity index (χ1n) is 6.16. The molecule has 0 aliphatic carbocycles. The van der Waals surface area contributed by atoms with Gasteiger partial charge in [0.1, 0.15) is 5.75 Å². The van der Waals surface area contributed by atoms with Crippen LogP contribution in [0.1, 0.15) is 16.7 Å². The van der Waals surface area contributed by atoms with Crippen molar-refractivity contribution >= 4 is 0 Å². The van der Waals surface area contributed by atoms with Gasteiger partial charge in [0.2, 0.25) is 0 Å². The van der Waals surface area contributed by atoms with Crippen molar-refractivity contribution in [1.82, 2.24) is 5.32 Å².